The first kappa shape index (κ1) is 21.9. The summed E-state index contributed by atoms with van der Waals surface area (Å²) >= 11 is 0. The number of fused-ring (bicyclic) bond motifs is 1. The maximum atomic E-state index is 13.3. The summed E-state index contributed by atoms with van der Waals surface area (Å²) in [5.74, 6) is 0.189. The van der Waals surface area contributed by atoms with Gasteiger partial charge >= 0.3 is 0 Å². The highest BCUT2D eigenvalue weighted by molar-refractivity contribution is 6.04. The topological polar surface area (TPSA) is 75.9 Å². The highest BCUT2D eigenvalue weighted by atomic mass is 19.1. The number of hydrogen-bond donors (Lipinski definition) is 1. The number of aryl methyl sites for hydroxylation is 3. The van der Waals surface area contributed by atoms with Gasteiger partial charge in [-0.05, 0) is 61.8 Å². The van der Waals surface area contributed by atoms with Gasteiger partial charge in [0.25, 0.3) is 0 Å². The Morgan fingerprint density at radius 3 is 2.72 bits per heavy atom. The third kappa shape index (κ3) is 4.35. The average molecular weight is 437 g/mol. The number of likely N-dealkylation sites (N-methyl/N-ethyl adjacent to an activating group) is 1. The van der Waals surface area contributed by atoms with Gasteiger partial charge in [0, 0.05) is 25.1 Å². The number of halogens is 1. The van der Waals surface area contributed by atoms with Crippen LogP contribution in [0.15, 0.2) is 36.9 Å². The van der Waals surface area contributed by atoms with Gasteiger partial charge < -0.3 is 10.2 Å². The second-order valence-electron chi connectivity index (χ2n) is 8.53. The van der Waals surface area contributed by atoms with Crippen LogP contribution in [0.1, 0.15) is 42.8 Å². The Kier molecular flexibility index (Phi) is 5.95. The summed E-state index contributed by atoms with van der Waals surface area (Å²) in [7, 11) is 2.01. The van der Waals surface area contributed by atoms with Gasteiger partial charge in [-0.1, -0.05) is 7.43 Å². The molecule has 4 heterocycles. The molecule has 168 valence electrons. The van der Waals surface area contributed by atoms with Crippen LogP contribution in [0.25, 0.3) is 0 Å². The normalized spacial score (nSPS) is 17.5. The first-order valence-corrected chi connectivity index (χ1v) is 10.6. The number of nitrogens with one attached hydrogen (secondary N) is 1. The minimum atomic E-state index is -0.344. The van der Waals surface area contributed by atoms with E-state index in [2.05, 4.69) is 26.4 Å². The van der Waals surface area contributed by atoms with E-state index in [0.717, 1.165) is 59.6 Å². The molecule has 1 aliphatic carbocycles. The van der Waals surface area contributed by atoms with E-state index < -0.39 is 0 Å². The first-order chi connectivity index (χ1) is 15.0. The van der Waals surface area contributed by atoms with Crippen LogP contribution in [0, 0.1) is 18.7 Å². The van der Waals surface area contributed by atoms with Crippen molar-refractivity contribution in [2.75, 3.05) is 17.3 Å². The van der Waals surface area contributed by atoms with E-state index in [1.165, 1.54) is 12.3 Å². The van der Waals surface area contributed by atoms with E-state index in [9.17, 15) is 9.18 Å². The van der Waals surface area contributed by atoms with Crippen LogP contribution in [-0.2, 0) is 24.2 Å². The van der Waals surface area contributed by atoms with Crippen molar-refractivity contribution >= 4 is 17.3 Å². The Morgan fingerprint density at radius 2 is 1.97 bits per heavy atom. The molecule has 0 unspecified atom stereocenters. The molecule has 1 saturated carbocycles. The molecule has 3 aromatic heterocycles. The van der Waals surface area contributed by atoms with E-state index in [1.54, 1.807) is 10.9 Å². The van der Waals surface area contributed by atoms with Gasteiger partial charge in [0.05, 0.1) is 36.0 Å². The molecule has 7 nitrogen and oxygen atoms in total. The molecule has 3 aromatic rings. The highest BCUT2D eigenvalue weighted by Gasteiger charge is 2.42. The zero-order valence-electron chi connectivity index (χ0n) is 17.7. The summed E-state index contributed by atoms with van der Waals surface area (Å²) in [6.07, 6.45) is 10.5. The largest absolute Gasteiger partial charge is 0.361 e. The third-order valence-electron chi connectivity index (χ3n) is 6.08. The van der Waals surface area contributed by atoms with Gasteiger partial charge in [0.2, 0.25) is 5.91 Å². The molecular formula is C24H29FN6O. The Hall–Kier alpha value is -3.29. The summed E-state index contributed by atoms with van der Waals surface area (Å²) < 4.78 is 15.1. The summed E-state index contributed by atoms with van der Waals surface area (Å²) in [5, 5.41) is 7.46. The third-order valence-corrected chi connectivity index (χ3v) is 6.08. The van der Waals surface area contributed by atoms with E-state index >= 15 is 0 Å². The molecule has 0 spiro atoms. The fourth-order valence-electron chi connectivity index (χ4n) is 4.37. The molecular weight excluding hydrogens is 407 g/mol. The molecule has 1 fully saturated rings. The number of aromatic nitrogens is 4. The van der Waals surface area contributed by atoms with Crippen LogP contribution in [0.4, 0.5) is 15.8 Å². The molecule has 1 aliphatic heterocycles. The fourth-order valence-corrected chi connectivity index (χ4v) is 4.37. The lowest BCUT2D eigenvalue weighted by molar-refractivity contribution is -0.118. The summed E-state index contributed by atoms with van der Waals surface area (Å²) in [4.78, 5) is 23.3. The smallest absolute Gasteiger partial charge is 0.247 e. The first-order valence-electron chi connectivity index (χ1n) is 10.6. The lowest BCUT2D eigenvalue weighted by Crippen LogP contribution is -2.47. The Balaban J connectivity index is 0.00000245. The summed E-state index contributed by atoms with van der Waals surface area (Å²) in [6.45, 7) is 2.42. The maximum Gasteiger partial charge on any atom is 0.247 e. The van der Waals surface area contributed by atoms with Crippen molar-refractivity contribution < 1.29 is 9.18 Å². The van der Waals surface area contributed by atoms with Gasteiger partial charge in [-0.25, -0.2) is 4.39 Å². The van der Waals surface area contributed by atoms with E-state index in [4.69, 9.17) is 4.98 Å². The van der Waals surface area contributed by atoms with Crippen LogP contribution in [0.2, 0.25) is 0 Å². The molecule has 1 atom stereocenters. The van der Waals surface area contributed by atoms with Gasteiger partial charge in [-0.3, -0.25) is 19.4 Å². The number of carbonyl (C=O) groups is 1. The minimum Gasteiger partial charge on any atom is -0.361 e. The Bertz CT molecular complexity index is 1140. The number of hydrogen-bond acceptors (Lipinski definition) is 5. The van der Waals surface area contributed by atoms with Crippen LogP contribution in [0.5, 0.6) is 0 Å². The van der Waals surface area contributed by atoms with Gasteiger partial charge in [-0.15, -0.1) is 0 Å². The van der Waals surface area contributed by atoms with E-state index in [1.807, 2.05) is 26.4 Å². The number of nitrogens with zero attached hydrogens (tertiary/aromatic N) is 5. The number of pyridine rings is 2. The van der Waals surface area contributed by atoms with Crippen molar-refractivity contribution in [1.82, 2.24) is 19.7 Å². The SMILES string of the molecule is C.Cc1nc(CCc2cnn(Cc3cncc(F)c3)c2)cc2c1NC(=O)[C@H](C1CC1)N2C. The molecule has 0 bridgehead atoms. The summed E-state index contributed by atoms with van der Waals surface area (Å²) in [6, 6.07) is 3.48. The second-order valence-corrected chi connectivity index (χ2v) is 8.53. The fraction of sp³-hybridized carbons (Fsp3) is 0.417. The second kappa shape index (κ2) is 8.68. The Labute approximate surface area is 187 Å². The van der Waals surface area contributed by atoms with E-state index in [-0.39, 0.29) is 25.2 Å². The number of anilines is 2. The lowest BCUT2D eigenvalue weighted by Gasteiger charge is -2.36. The lowest BCUT2D eigenvalue weighted by atomic mass is 10.0. The molecule has 8 heteroatoms. The van der Waals surface area contributed by atoms with Crippen molar-refractivity contribution in [3.8, 4) is 0 Å². The maximum absolute atomic E-state index is 13.3. The predicted molar refractivity (Wildman–Crippen MR) is 122 cm³/mol. The summed E-state index contributed by atoms with van der Waals surface area (Å²) in [5.41, 5.74) is 5.58. The van der Waals surface area contributed by atoms with Crippen molar-refractivity contribution in [1.29, 1.82) is 0 Å². The van der Waals surface area contributed by atoms with Crippen molar-refractivity contribution in [2.45, 2.75) is 52.6 Å². The minimum absolute atomic E-state index is 0. The van der Waals surface area contributed by atoms with Crippen molar-refractivity contribution in [3.05, 3.63) is 65.3 Å². The quantitative estimate of drug-likeness (QED) is 0.637. The molecule has 32 heavy (non-hydrogen) atoms. The monoisotopic (exact) mass is 436 g/mol. The van der Waals surface area contributed by atoms with Gasteiger partial charge in [0.15, 0.2) is 0 Å². The molecule has 2 aliphatic rings. The number of rotatable bonds is 6. The molecule has 0 aromatic carbocycles. The highest BCUT2D eigenvalue weighted by Crippen LogP contribution is 2.42. The standard InChI is InChI=1S/C23H25FN6O.CH4/c1-14-21-20(29(2)22(17-4-5-17)23(31)28-21)8-19(27-14)6-3-15-10-26-30(12-15)13-16-7-18(24)11-25-9-16;/h7-12,17,22H,3-6,13H2,1-2H3,(H,28,31);1H4/t22-;/m0./s1. The Morgan fingerprint density at radius 1 is 1.16 bits per heavy atom. The molecule has 5 rings (SSSR count). The molecule has 0 saturated heterocycles. The van der Waals surface area contributed by atoms with Crippen LogP contribution in [-0.4, -0.2) is 38.7 Å². The molecule has 1 N–H and O–H groups in total. The van der Waals surface area contributed by atoms with Crippen molar-refractivity contribution in [2.24, 2.45) is 5.92 Å². The van der Waals surface area contributed by atoms with Gasteiger partial charge in [0.1, 0.15) is 11.9 Å². The predicted octanol–water partition coefficient (Wildman–Crippen LogP) is 3.76. The number of amides is 1. The van der Waals surface area contributed by atoms with Crippen LogP contribution < -0.4 is 10.2 Å². The van der Waals surface area contributed by atoms with Crippen LogP contribution >= 0.6 is 0 Å². The molecule has 1 amide bonds. The van der Waals surface area contributed by atoms with Crippen molar-refractivity contribution in [3.63, 3.8) is 0 Å². The zero-order chi connectivity index (χ0) is 21.5. The number of carbonyl (C=O) groups excluding carboxylic acids is 1. The zero-order valence-corrected chi connectivity index (χ0v) is 17.7. The average Bonchev–Trinajstić information content (AvgIpc) is 3.46. The van der Waals surface area contributed by atoms with Gasteiger partial charge in [-0.2, -0.15) is 5.10 Å². The molecule has 0 radical (unpaired) electrons. The van der Waals surface area contributed by atoms with Crippen LogP contribution in [0.3, 0.4) is 0 Å². The van der Waals surface area contributed by atoms with E-state index in [0.29, 0.717) is 12.5 Å².